The predicted octanol–water partition coefficient (Wildman–Crippen LogP) is 2.61. The van der Waals surface area contributed by atoms with E-state index in [4.69, 9.17) is 4.74 Å². The summed E-state index contributed by atoms with van der Waals surface area (Å²) < 4.78 is 42.3. The molecule has 156 valence electrons. The second-order valence-electron chi connectivity index (χ2n) is 6.74. The maximum atomic E-state index is 12.5. The van der Waals surface area contributed by atoms with E-state index in [1.54, 1.807) is 32.2 Å². The predicted molar refractivity (Wildman–Crippen MR) is 101 cm³/mol. The van der Waals surface area contributed by atoms with Crippen LogP contribution in [-0.2, 0) is 11.3 Å². The molecule has 0 aromatic heterocycles. The van der Waals surface area contributed by atoms with Gasteiger partial charge in [0.25, 0.3) is 0 Å². The number of likely N-dealkylation sites (tertiary alicyclic amines) is 1. The third kappa shape index (κ3) is 7.28. The second-order valence-corrected chi connectivity index (χ2v) is 6.74. The number of halogens is 3. The molecule has 1 aliphatic rings. The molecular formula is C19H27F3N4O2. The number of rotatable bonds is 6. The van der Waals surface area contributed by atoms with Crippen molar-refractivity contribution in [2.45, 2.75) is 38.9 Å². The van der Waals surface area contributed by atoms with Crippen LogP contribution in [0.2, 0.25) is 0 Å². The SMILES string of the molecule is CN=C(NCC(=O)N1CCCCC1)NCc1ccc(C)cc1OCC(F)(F)F. The monoisotopic (exact) mass is 400 g/mol. The standard InChI is InChI=1S/C19H27F3N4O2/c1-14-6-7-15(16(10-14)28-13-19(20,21)22)11-24-18(23-2)25-12-17(27)26-8-4-3-5-9-26/h6-7,10H,3-5,8-9,11-13H2,1-2H3,(H2,23,24,25). The molecule has 1 aromatic rings. The largest absolute Gasteiger partial charge is 0.484 e. The number of carbonyl (C=O) groups is 1. The van der Waals surface area contributed by atoms with E-state index in [1.807, 2.05) is 4.90 Å². The Morgan fingerprint density at radius 3 is 2.57 bits per heavy atom. The van der Waals surface area contributed by atoms with E-state index >= 15 is 0 Å². The van der Waals surface area contributed by atoms with Crippen molar-refractivity contribution in [3.63, 3.8) is 0 Å². The van der Waals surface area contributed by atoms with Crippen molar-refractivity contribution in [2.24, 2.45) is 4.99 Å². The minimum atomic E-state index is -4.40. The molecule has 1 aromatic carbocycles. The van der Waals surface area contributed by atoms with E-state index in [0.717, 1.165) is 37.9 Å². The van der Waals surface area contributed by atoms with Crippen molar-refractivity contribution in [1.29, 1.82) is 0 Å². The summed E-state index contributed by atoms with van der Waals surface area (Å²) in [4.78, 5) is 18.1. The van der Waals surface area contributed by atoms with Crippen LogP contribution in [0.4, 0.5) is 13.2 Å². The molecule has 2 N–H and O–H groups in total. The Bertz CT molecular complexity index is 686. The molecule has 0 bridgehead atoms. The van der Waals surface area contributed by atoms with Gasteiger partial charge in [0.15, 0.2) is 12.6 Å². The first-order valence-electron chi connectivity index (χ1n) is 9.30. The highest BCUT2D eigenvalue weighted by Gasteiger charge is 2.28. The van der Waals surface area contributed by atoms with Gasteiger partial charge in [-0.15, -0.1) is 0 Å². The number of piperidine rings is 1. The van der Waals surface area contributed by atoms with Crippen LogP contribution in [0.3, 0.4) is 0 Å². The van der Waals surface area contributed by atoms with Gasteiger partial charge in [-0.25, -0.2) is 0 Å². The number of hydrogen-bond donors (Lipinski definition) is 2. The van der Waals surface area contributed by atoms with Crippen molar-refractivity contribution < 1.29 is 22.7 Å². The van der Waals surface area contributed by atoms with E-state index in [0.29, 0.717) is 11.5 Å². The molecule has 0 saturated carbocycles. The summed E-state index contributed by atoms with van der Waals surface area (Å²) >= 11 is 0. The van der Waals surface area contributed by atoms with Crippen LogP contribution in [0, 0.1) is 6.92 Å². The van der Waals surface area contributed by atoms with Crippen LogP contribution in [0.15, 0.2) is 23.2 Å². The van der Waals surface area contributed by atoms with E-state index in [2.05, 4.69) is 15.6 Å². The number of hydrogen-bond acceptors (Lipinski definition) is 3. The van der Waals surface area contributed by atoms with E-state index in [9.17, 15) is 18.0 Å². The van der Waals surface area contributed by atoms with Gasteiger partial charge in [-0.05, 0) is 37.8 Å². The molecule has 1 amide bonds. The first kappa shape index (κ1) is 21.8. The number of ether oxygens (including phenoxy) is 1. The quantitative estimate of drug-likeness (QED) is 0.569. The highest BCUT2D eigenvalue weighted by molar-refractivity contribution is 5.86. The molecule has 0 unspecified atom stereocenters. The lowest BCUT2D eigenvalue weighted by molar-refractivity contribution is -0.153. The second kappa shape index (κ2) is 10.2. The molecule has 1 fully saturated rings. The van der Waals surface area contributed by atoms with Crippen LogP contribution in [0.1, 0.15) is 30.4 Å². The zero-order valence-electron chi connectivity index (χ0n) is 16.2. The highest BCUT2D eigenvalue weighted by atomic mass is 19.4. The van der Waals surface area contributed by atoms with Crippen LogP contribution >= 0.6 is 0 Å². The Labute approximate surface area is 163 Å². The fourth-order valence-electron chi connectivity index (χ4n) is 2.92. The molecule has 0 spiro atoms. The van der Waals surface area contributed by atoms with Crippen molar-refractivity contribution >= 4 is 11.9 Å². The van der Waals surface area contributed by atoms with E-state index in [-0.39, 0.29) is 24.7 Å². The summed E-state index contributed by atoms with van der Waals surface area (Å²) in [5.41, 5.74) is 1.37. The minimum Gasteiger partial charge on any atom is -0.484 e. The maximum Gasteiger partial charge on any atom is 0.422 e. The lowest BCUT2D eigenvalue weighted by Gasteiger charge is -2.27. The molecule has 9 heteroatoms. The van der Waals surface area contributed by atoms with Gasteiger partial charge in [0.05, 0.1) is 6.54 Å². The lowest BCUT2D eigenvalue weighted by Crippen LogP contribution is -2.45. The Hall–Kier alpha value is -2.45. The third-order valence-electron chi connectivity index (χ3n) is 4.40. The van der Waals surface area contributed by atoms with E-state index < -0.39 is 12.8 Å². The molecule has 0 radical (unpaired) electrons. The molecule has 28 heavy (non-hydrogen) atoms. The topological polar surface area (TPSA) is 66.0 Å². The fourth-order valence-corrected chi connectivity index (χ4v) is 2.92. The van der Waals surface area contributed by atoms with Crippen molar-refractivity contribution in [1.82, 2.24) is 15.5 Å². The zero-order valence-corrected chi connectivity index (χ0v) is 16.2. The molecular weight excluding hydrogens is 373 g/mol. The first-order chi connectivity index (χ1) is 13.3. The minimum absolute atomic E-state index is 0.00665. The Kier molecular flexibility index (Phi) is 7.95. The molecule has 0 atom stereocenters. The Morgan fingerprint density at radius 2 is 1.93 bits per heavy atom. The van der Waals surface area contributed by atoms with Crippen molar-refractivity contribution in [3.05, 3.63) is 29.3 Å². The number of guanidine groups is 1. The van der Waals surface area contributed by atoms with Gasteiger partial charge < -0.3 is 20.3 Å². The van der Waals surface area contributed by atoms with Crippen LogP contribution in [-0.4, -0.2) is 56.2 Å². The summed E-state index contributed by atoms with van der Waals surface area (Å²) in [6, 6.07) is 5.08. The lowest BCUT2D eigenvalue weighted by atomic mass is 10.1. The van der Waals surface area contributed by atoms with Gasteiger partial charge in [-0.2, -0.15) is 13.2 Å². The Balaban J connectivity index is 1.89. The fraction of sp³-hybridized carbons (Fsp3) is 0.579. The summed E-state index contributed by atoms with van der Waals surface area (Å²) in [7, 11) is 1.57. The zero-order chi connectivity index (χ0) is 20.6. The molecule has 2 rings (SSSR count). The van der Waals surface area contributed by atoms with Crippen LogP contribution in [0.5, 0.6) is 5.75 Å². The molecule has 1 heterocycles. The summed E-state index contributed by atoms with van der Waals surface area (Å²) in [6.07, 6.45) is -1.21. The first-order valence-corrected chi connectivity index (χ1v) is 9.30. The molecule has 1 saturated heterocycles. The number of aliphatic imine (C=N–C) groups is 1. The Morgan fingerprint density at radius 1 is 1.21 bits per heavy atom. The summed E-state index contributed by atoms with van der Waals surface area (Å²) in [5, 5.41) is 5.96. The van der Waals surface area contributed by atoms with Crippen molar-refractivity contribution in [3.8, 4) is 5.75 Å². The molecule has 1 aliphatic heterocycles. The van der Waals surface area contributed by atoms with Crippen LogP contribution < -0.4 is 15.4 Å². The number of nitrogens with one attached hydrogen (secondary N) is 2. The average Bonchev–Trinajstić information content (AvgIpc) is 2.67. The van der Waals surface area contributed by atoms with Gasteiger partial charge in [0.1, 0.15) is 5.75 Å². The molecule has 0 aliphatic carbocycles. The van der Waals surface area contributed by atoms with Gasteiger partial charge in [0, 0.05) is 32.2 Å². The summed E-state index contributed by atoms with van der Waals surface area (Å²) in [6.45, 7) is 2.31. The smallest absolute Gasteiger partial charge is 0.422 e. The van der Waals surface area contributed by atoms with Gasteiger partial charge in [0.2, 0.25) is 5.91 Å². The number of alkyl halides is 3. The van der Waals surface area contributed by atoms with Crippen LogP contribution in [0.25, 0.3) is 0 Å². The third-order valence-corrected chi connectivity index (χ3v) is 4.40. The van der Waals surface area contributed by atoms with Gasteiger partial charge in [-0.1, -0.05) is 12.1 Å². The number of aryl methyl sites for hydroxylation is 1. The molecule has 6 nitrogen and oxygen atoms in total. The van der Waals surface area contributed by atoms with Gasteiger partial charge in [-0.3, -0.25) is 9.79 Å². The van der Waals surface area contributed by atoms with Crippen molar-refractivity contribution in [2.75, 3.05) is 33.3 Å². The highest BCUT2D eigenvalue weighted by Crippen LogP contribution is 2.23. The summed E-state index contributed by atoms with van der Waals surface area (Å²) in [5.74, 6) is 0.574. The number of amides is 1. The number of nitrogens with zero attached hydrogens (tertiary/aromatic N) is 2. The van der Waals surface area contributed by atoms with E-state index in [1.165, 1.54) is 0 Å². The normalized spacial score (nSPS) is 15.3. The number of carbonyl (C=O) groups excluding carboxylic acids is 1. The number of benzene rings is 1. The average molecular weight is 400 g/mol. The van der Waals surface area contributed by atoms with Gasteiger partial charge >= 0.3 is 6.18 Å². The maximum absolute atomic E-state index is 12.5.